The topological polar surface area (TPSA) is 83.8 Å². The smallest absolute Gasteiger partial charge is 0.272 e. The van der Waals surface area contributed by atoms with Crippen LogP contribution in [0.25, 0.3) is 16.3 Å². The fourth-order valence-electron chi connectivity index (χ4n) is 2.39. The first-order chi connectivity index (χ1) is 10.6. The van der Waals surface area contributed by atoms with Gasteiger partial charge in [0.2, 0.25) is 0 Å². The number of hydrogen-bond acceptors (Lipinski definition) is 3. The summed E-state index contributed by atoms with van der Waals surface area (Å²) in [7, 11) is 0. The van der Waals surface area contributed by atoms with Gasteiger partial charge < -0.3 is 11.1 Å². The van der Waals surface area contributed by atoms with Crippen LogP contribution in [0.1, 0.15) is 12.1 Å². The number of nitrogens with zero attached hydrogens (tertiary/aromatic N) is 1. The molecule has 0 saturated carbocycles. The van der Waals surface area contributed by atoms with Gasteiger partial charge in [-0.2, -0.15) is 5.10 Å². The van der Waals surface area contributed by atoms with Crippen molar-refractivity contribution in [3.63, 3.8) is 0 Å². The van der Waals surface area contributed by atoms with Crippen LogP contribution in [0.2, 0.25) is 0 Å². The van der Waals surface area contributed by atoms with Crippen molar-refractivity contribution in [3.8, 4) is 0 Å². The number of hydrogen-bond donors (Lipinski definition) is 3. The number of nitrogens with one attached hydrogen (secondary N) is 2. The van der Waals surface area contributed by atoms with Crippen LogP contribution in [0.3, 0.4) is 0 Å². The summed E-state index contributed by atoms with van der Waals surface area (Å²) < 4.78 is 0. The maximum absolute atomic E-state index is 11.9. The van der Waals surface area contributed by atoms with E-state index in [0.717, 1.165) is 22.4 Å². The molecule has 0 aliphatic heterocycles. The van der Waals surface area contributed by atoms with Crippen molar-refractivity contribution in [1.29, 1.82) is 0 Å². The molecule has 110 valence electrons. The quantitative estimate of drug-likeness (QED) is 0.739. The van der Waals surface area contributed by atoms with Gasteiger partial charge >= 0.3 is 0 Å². The lowest BCUT2D eigenvalue weighted by molar-refractivity contribution is 0.988. The van der Waals surface area contributed by atoms with Crippen molar-refractivity contribution in [2.24, 2.45) is 5.73 Å². The van der Waals surface area contributed by atoms with Gasteiger partial charge in [0.05, 0.1) is 11.1 Å². The third kappa shape index (κ3) is 2.82. The van der Waals surface area contributed by atoms with Crippen molar-refractivity contribution in [1.82, 2.24) is 15.5 Å². The number of rotatable bonds is 2. The SMILES string of the molecule is NC(=S)NC1=CCC(c2n[nH]c(=O)c3ccccc23)=CC=C1. The lowest BCUT2D eigenvalue weighted by Gasteiger charge is -2.07. The normalized spacial score (nSPS) is 14.2. The van der Waals surface area contributed by atoms with Gasteiger partial charge in [-0.05, 0) is 36.4 Å². The lowest BCUT2D eigenvalue weighted by Crippen LogP contribution is -2.27. The van der Waals surface area contributed by atoms with E-state index < -0.39 is 0 Å². The number of allylic oxidation sites excluding steroid dienone is 5. The molecule has 0 unspecified atom stereocenters. The Balaban J connectivity index is 2.03. The van der Waals surface area contributed by atoms with E-state index in [0.29, 0.717) is 11.8 Å². The van der Waals surface area contributed by atoms with Gasteiger partial charge in [-0.15, -0.1) is 0 Å². The number of H-pyrrole nitrogens is 1. The number of thiocarbonyl (C=S) groups is 1. The van der Waals surface area contributed by atoms with E-state index in [4.69, 9.17) is 18.0 Å². The molecule has 0 bridgehead atoms. The highest BCUT2D eigenvalue weighted by Gasteiger charge is 2.11. The fourth-order valence-corrected chi connectivity index (χ4v) is 2.51. The van der Waals surface area contributed by atoms with Crippen LogP contribution < -0.4 is 16.6 Å². The van der Waals surface area contributed by atoms with Crippen molar-refractivity contribution >= 4 is 33.7 Å². The van der Waals surface area contributed by atoms with Gasteiger partial charge in [0.25, 0.3) is 5.56 Å². The molecule has 5 nitrogen and oxygen atoms in total. The summed E-state index contributed by atoms with van der Waals surface area (Å²) in [5.74, 6) is 0. The van der Waals surface area contributed by atoms with Crippen LogP contribution >= 0.6 is 12.2 Å². The molecular formula is C16H14N4OS. The van der Waals surface area contributed by atoms with Gasteiger partial charge in [-0.1, -0.05) is 36.4 Å². The monoisotopic (exact) mass is 310 g/mol. The third-order valence-electron chi connectivity index (χ3n) is 3.38. The molecular weight excluding hydrogens is 296 g/mol. The minimum Gasteiger partial charge on any atom is -0.376 e. The molecule has 1 aliphatic rings. The van der Waals surface area contributed by atoms with Gasteiger partial charge in [-0.25, -0.2) is 5.10 Å². The summed E-state index contributed by atoms with van der Waals surface area (Å²) >= 11 is 4.84. The average Bonchev–Trinajstić information content (AvgIpc) is 2.73. The van der Waals surface area contributed by atoms with Crippen LogP contribution in [0.4, 0.5) is 0 Å². The molecule has 6 heteroatoms. The Kier molecular flexibility index (Phi) is 3.84. The second-order valence-electron chi connectivity index (χ2n) is 4.85. The van der Waals surface area contributed by atoms with Crippen LogP contribution in [-0.2, 0) is 0 Å². The number of benzene rings is 1. The Labute approximate surface area is 132 Å². The Morgan fingerprint density at radius 1 is 1.32 bits per heavy atom. The lowest BCUT2D eigenvalue weighted by atomic mass is 10.0. The zero-order chi connectivity index (χ0) is 15.5. The second kappa shape index (κ2) is 5.95. The van der Waals surface area contributed by atoms with Crippen LogP contribution in [-0.4, -0.2) is 15.3 Å². The molecule has 22 heavy (non-hydrogen) atoms. The van der Waals surface area contributed by atoms with Gasteiger partial charge in [0, 0.05) is 11.1 Å². The fraction of sp³-hybridized carbons (Fsp3) is 0.0625. The number of aromatic amines is 1. The Bertz CT molecular complexity index is 892. The van der Waals surface area contributed by atoms with Crippen LogP contribution in [0.5, 0.6) is 0 Å². The first-order valence-corrected chi connectivity index (χ1v) is 7.17. The van der Waals surface area contributed by atoms with Crippen LogP contribution in [0.15, 0.2) is 59.1 Å². The first kappa shape index (κ1) is 14.2. The van der Waals surface area contributed by atoms with E-state index in [-0.39, 0.29) is 10.7 Å². The van der Waals surface area contributed by atoms with Gasteiger partial charge in [0.15, 0.2) is 5.11 Å². The van der Waals surface area contributed by atoms with Gasteiger partial charge in [0.1, 0.15) is 0 Å². The largest absolute Gasteiger partial charge is 0.376 e. The summed E-state index contributed by atoms with van der Waals surface area (Å²) in [4.78, 5) is 11.9. The number of fused-ring (bicyclic) bond motifs is 1. The molecule has 0 spiro atoms. The molecule has 0 amide bonds. The van der Waals surface area contributed by atoms with Crippen LogP contribution in [0, 0.1) is 0 Å². The number of nitrogens with two attached hydrogens (primary N) is 1. The zero-order valence-electron chi connectivity index (χ0n) is 11.7. The van der Waals surface area contributed by atoms with Gasteiger partial charge in [-0.3, -0.25) is 4.79 Å². The highest BCUT2D eigenvalue weighted by molar-refractivity contribution is 7.80. The van der Waals surface area contributed by atoms with Crippen molar-refractivity contribution in [2.45, 2.75) is 6.42 Å². The summed E-state index contributed by atoms with van der Waals surface area (Å²) in [5.41, 5.74) is 7.92. The molecule has 4 N–H and O–H groups in total. The molecule has 0 atom stereocenters. The standard InChI is InChI=1S/C16H14N4OS/c17-16(22)18-11-5-3-4-10(8-9-11)14-12-6-1-2-7-13(12)15(21)20-19-14/h1-7,9H,8H2,(H,20,21)(H3,17,18,22). The van der Waals surface area contributed by atoms with Crippen molar-refractivity contribution < 1.29 is 0 Å². The Morgan fingerprint density at radius 2 is 2.09 bits per heavy atom. The summed E-state index contributed by atoms with van der Waals surface area (Å²) in [6, 6.07) is 7.44. The summed E-state index contributed by atoms with van der Waals surface area (Å²) in [6.07, 6.45) is 8.40. The second-order valence-corrected chi connectivity index (χ2v) is 5.29. The molecule has 0 saturated heterocycles. The van der Waals surface area contributed by atoms with Crippen molar-refractivity contribution in [3.05, 3.63) is 70.3 Å². The van der Waals surface area contributed by atoms with E-state index in [9.17, 15) is 4.79 Å². The molecule has 1 aliphatic carbocycles. The predicted molar refractivity (Wildman–Crippen MR) is 92.1 cm³/mol. The third-order valence-corrected chi connectivity index (χ3v) is 3.48. The predicted octanol–water partition coefficient (Wildman–Crippen LogP) is 1.98. The summed E-state index contributed by atoms with van der Waals surface area (Å²) in [6.45, 7) is 0. The highest BCUT2D eigenvalue weighted by atomic mass is 32.1. The van der Waals surface area contributed by atoms with Crippen molar-refractivity contribution in [2.75, 3.05) is 0 Å². The molecule has 0 radical (unpaired) electrons. The molecule has 1 aromatic carbocycles. The minimum absolute atomic E-state index is 0.185. The molecule has 0 fully saturated rings. The average molecular weight is 310 g/mol. The molecule has 2 aromatic rings. The maximum atomic E-state index is 11.9. The van der Waals surface area contributed by atoms with E-state index >= 15 is 0 Å². The highest BCUT2D eigenvalue weighted by Crippen LogP contribution is 2.25. The number of aromatic nitrogens is 2. The maximum Gasteiger partial charge on any atom is 0.272 e. The van der Waals surface area contributed by atoms with E-state index in [2.05, 4.69) is 15.5 Å². The zero-order valence-corrected chi connectivity index (χ0v) is 12.5. The summed E-state index contributed by atoms with van der Waals surface area (Å²) in [5, 5.41) is 11.4. The van der Waals surface area contributed by atoms with E-state index in [1.165, 1.54) is 0 Å². The molecule has 3 rings (SSSR count). The Hall–Kier alpha value is -2.73. The minimum atomic E-state index is -0.185. The molecule has 1 aromatic heterocycles. The van der Waals surface area contributed by atoms with E-state index in [1.807, 2.05) is 42.5 Å². The Morgan fingerprint density at radius 3 is 2.86 bits per heavy atom. The van der Waals surface area contributed by atoms with E-state index in [1.54, 1.807) is 6.07 Å². The first-order valence-electron chi connectivity index (χ1n) is 6.77. The molecule has 1 heterocycles.